The van der Waals surface area contributed by atoms with Crippen molar-refractivity contribution in [3.05, 3.63) is 59.9 Å². The Labute approximate surface area is 228 Å². The molecule has 0 radical (unpaired) electrons. The van der Waals surface area contributed by atoms with Gasteiger partial charge >= 0.3 is 6.18 Å². The SMILES string of the molecule is CC(C)C[C@H](C(=O)NC[C@H]1CCCO1)N(C(=O)Cn1nnc(-c2ccc(F)cc2)n1)c1cccc(C(F)(F)F)c1. The van der Waals surface area contributed by atoms with Gasteiger partial charge in [0.15, 0.2) is 0 Å². The molecular weight excluding hydrogens is 532 g/mol. The molecule has 40 heavy (non-hydrogen) atoms. The molecule has 1 fully saturated rings. The van der Waals surface area contributed by atoms with E-state index in [-0.39, 0.29) is 36.5 Å². The predicted octanol–water partition coefficient (Wildman–Crippen LogP) is 4.24. The Morgan fingerprint density at radius 1 is 1.18 bits per heavy atom. The normalized spacial score (nSPS) is 16.2. The highest BCUT2D eigenvalue weighted by atomic mass is 19.4. The molecule has 214 valence electrons. The number of halogens is 4. The molecule has 2 aromatic carbocycles. The Balaban J connectivity index is 1.65. The molecule has 1 saturated heterocycles. The van der Waals surface area contributed by atoms with Gasteiger partial charge in [0.25, 0.3) is 5.91 Å². The quantitative estimate of drug-likeness (QED) is 0.371. The Morgan fingerprint density at radius 2 is 1.93 bits per heavy atom. The number of nitrogens with one attached hydrogen (secondary N) is 1. The number of carbonyl (C=O) groups is 2. The first-order valence-electron chi connectivity index (χ1n) is 12.9. The van der Waals surface area contributed by atoms with Gasteiger partial charge in [0.05, 0.1) is 11.7 Å². The van der Waals surface area contributed by atoms with Crippen LogP contribution in [0.2, 0.25) is 0 Å². The molecule has 0 unspecified atom stereocenters. The molecule has 0 aliphatic carbocycles. The number of nitrogens with zero attached hydrogens (tertiary/aromatic N) is 5. The fourth-order valence-corrected chi connectivity index (χ4v) is 4.47. The first kappa shape index (κ1) is 29.1. The van der Waals surface area contributed by atoms with Gasteiger partial charge in [-0.1, -0.05) is 19.9 Å². The van der Waals surface area contributed by atoms with Crippen molar-refractivity contribution in [1.29, 1.82) is 0 Å². The van der Waals surface area contributed by atoms with Crippen molar-refractivity contribution >= 4 is 17.5 Å². The summed E-state index contributed by atoms with van der Waals surface area (Å²) < 4.78 is 59.6. The van der Waals surface area contributed by atoms with Crippen LogP contribution in [0.4, 0.5) is 23.2 Å². The third-order valence-corrected chi connectivity index (χ3v) is 6.39. The molecule has 1 aliphatic heterocycles. The van der Waals surface area contributed by atoms with Crippen LogP contribution in [0.5, 0.6) is 0 Å². The highest BCUT2D eigenvalue weighted by Crippen LogP contribution is 2.33. The van der Waals surface area contributed by atoms with Crippen LogP contribution in [-0.2, 0) is 27.0 Å². The maximum Gasteiger partial charge on any atom is 0.416 e. The summed E-state index contributed by atoms with van der Waals surface area (Å²) in [4.78, 5) is 29.2. The van der Waals surface area contributed by atoms with E-state index in [1.165, 1.54) is 36.4 Å². The van der Waals surface area contributed by atoms with E-state index in [9.17, 15) is 27.2 Å². The van der Waals surface area contributed by atoms with E-state index < -0.39 is 42.0 Å². The number of ether oxygens (including phenoxy) is 1. The summed E-state index contributed by atoms with van der Waals surface area (Å²) in [6.07, 6.45) is -2.98. The molecule has 1 aromatic heterocycles. The summed E-state index contributed by atoms with van der Waals surface area (Å²) in [6.45, 7) is 4.02. The van der Waals surface area contributed by atoms with Gasteiger partial charge in [-0.25, -0.2) is 4.39 Å². The second-order valence-electron chi connectivity index (χ2n) is 9.99. The summed E-state index contributed by atoms with van der Waals surface area (Å²) in [5.74, 6) is -1.61. The van der Waals surface area contributed by atoms with Crippen molar-refractivity contribution in [2.45, 2.75) is 58.0 Å². The lowest BCUT2D eigenvalue weighted by molar-refractivity contribution is -0.137. The Kier molecular flexibility index (Phi) is 9.13. The van der Waals surface area contributed by atoms with E-state index in [0.717, 1.165) is 34.7 Å². The summed E-state index contributed by atoms with van der Waals surface area (Å²) >= 11 is 0. The lowest BCUT2D eigenvalue weighted by Gasteiger charge is -2.32. The molecule has 2 heterocycles. The summed E-state index contributed by atoms with van der Waals surface area (Å²) in [6, 6.07) is 8.52. The molecule has 3 aromatic rings. The number of amides is 2. The van der Waals surface area contributed by atoms with Crippen molar-refractivity contribution in [3.63, 3.8) is 0 Å². The van der Waals surface area contributed by atoms with Crippen molar-refractivity contribution in [3.8, 4) is 11.4 Å². The summed E-state index contributed by atoms with van der Waals surface area (Å²) in [5, 5.41) is 14.8. The number of carbonyl (C=O) groups excluding carboxylic acids is 2. The van der Waals surface area contributed by atoms with Crippen molar-refractivity contribution < 1.29 is 31.9 Å². The molecule has 0 spiro atoms. The van der Waals surface area contributed by atoms with E-state index in [2.05, 4.69) is 20.7 Å². The van der Waals surface area contributed by atoms with Gasteiger partial charge < -0.3 is 10.1 Å². The first-order chi connectivity index (χ1) is 19.0. The molecule has 2 atom stereocenters. The summed E-state index contributed by atoms with van der Waals surface area (Å²) in [7, 11) is 0. The molecule has 0 bridgehead atoms. The van der Waals surface area contributed by atoms with Gasteiger partial charge in [-0.2, -0.15) is 18.0 Å². The van der Waals surface area contributed by atoms with Gasteiger partial charge in [0.1, 0.15) is 18.4 Å². The Bertz CT molecular complexity index is 1310. The molecule has 2 amide bonds. The largest absolute Gasteiger partial charge is 0.416 e. The third-order valence-electron chi connectivity index (χ3n) is 6.39. The zero-order valence-electron chi connectivity index (χ0n) is 22.1. The van der Waals surface area contributed by atoms with Gasteiger partial charge in [-0.05, 0) is 72.9 Å². The second-order valence-corrected chi connectivity index (χ2v) is 9.99. The lowest BCUT2D eigenvalue weighted by atomic mass is 10.00. The van der Waals surface area contributed by atoms with Crippen LogP contribution in [0.1, 0.15) is 38.7 Å². The van der Waals surface area contributed by atoms with Crippen molar-refractivity contribution in [1.82, 2.24) is 25.5 Å². The highest BCUT2D eigenvalue weighted by Gasteiger charge is 2.36. The molecule has 1 aliphatic rings. The minimum atomic E-state index is -4.65. The minimum Gasteiger partial charge on any atom is -0.376 e. The smallest absolute Gasteiger partial charge is 0.376 e. The van der Waals surface area contributed by atoms with Crippen LogP contribution >= 0.6 is 0 Å². The number of hydrogen-bond donors (Lipinski definition) is 1. The standard InChI is InChI=1S/C27H30F4N6O3/c1-17(2)13-23(26(39)32-15-22-7-4-12-40-22)37(21-6-3-5-19(14-21)27(29,30)31)24(38)16-36-34-25(33-35-36)18-8-10-20(28)11-9-18/h3,5-6,8-11,14,17,22-23H,4,7,12-13,15-16H2,1-2H3,(H,32,39)/t22-,23-/m1/s1. The second kappa shape index (κ2) is 12.5. The van der Waals surface area contributed by atoms with E-state index in [1.807, 2.05) is 13.8 Å². The molecule has 4 rings (SSSR count). The monoisotopic (exact) mass is 562 g/mol. The number of tetrazole rings is 1. The van der Waals surface area contributed by atoms with Crippen LogP contribution in [0.15, 0.2) is 48.5 Å². The molecule has 1 N–H and O–H groups in total. The Hall–Kier alpha value is -3.87. The fraction of sp³-hybridized carbons (Fsp3) is 0.444. The fourth-order valence-electron chi connectivity index (χ4n) is 4.47. The van der Waals surface area contributed by atoms with Gasteiger partial charge in [-0.15, -0.1) is 10.2 Å². The van der Waals surface area contributed by atoms with Crippen molar-refractivity contribution in [2.24, 2.45) is 5.92 Å². The van der Waals surface area contributed by atoms with E-state index in [1.54, 1.807) is 0 Å². The molecular formula is C27H30F4N6O3. The van der Waals surface area contributed by atoms with E-state index in [0.29, 0.717) is 12.2 Å². The number of benzene rings is 2. The Morgan fingerprint density at radius 3 is 2.58 bits per heavy atom. The van der Waals surface area contributed by atoms with Crippen LogP contribution in [-0.4, -0.2) is 57.3 Å². The molecule has 0 saturated carbocycles. The average molecular weight is 563 g/mol. The maximum absolute atomic E-state index is 13.7. The average Bonchev–Trinajstić information content (AvgIpc) is 3.59. The molecule has 9 nitrogen and oxygen atoms in total. The zero-order chi connectivity index (χ0) is 28.9. The third kappa shape index (κ3) is 7.40. The van der Waals surface area contributed by atoms with Crippen LogP contribution < -0.4 is 10.2 Å². The lowest BCUT2D eigenvalue weighted by Crippen LogP contribution is -2.52. The van der Waals surface area contributed by atoms with Gasteiger partial charge in [-0.3, -0.25) is 14.5 Å². The first-order valence-corrected chi connectivity index (χ1v) is 12.9. The van der Waals surface area contributed by atoms with E-state index in [4.69, 9.17) is 4.74 Å². The number of hydrogen-bond acceptors (Lipinski definition) is 6. The van der Waals surface area contributed by atoms with Gasteiger partial charge in [0.2, 0.25) is 11.7 Å². The minimum absolute atomic E-state index is 0.0749. The maximum atomic E-state index is 13.7. The number of rotatable bonds is 10. The van der Waals surface area contributed by atoms with Crippen LogP contribution in [0.25, 0.3) is 11.4 Å². The van der Waals surface area contributed by atoms with Crippen molar-refractivity contribution in [2.75, 3.05) is 18.1 Å². The van der Waals surface area contributed by atoms with E-state index >= 15 is 0 Å². The number of aromatic nitrogens is 4. The highest BCUT2D eigenvalue weighted by molar-refractivity contribution is 6.00. The van der Waals surface area contributed by atoms with Crippen LogP contribution in [0.3, 0.4) is 0 Å². The number of alkyl halides is 3. The van der Waals surface area contributed by atoms with Gasteiger partial charge in [0, 0.05) is 24.4 Å². The topological polar surface area (TPSA) is 102 Å². The zero-order valence-corrected chi connectivity index (χ0v) is 22.1. The summed E-state index contributed by atoms with van der Waals surface area (Å²) in [5.41, 5.74) is -0.582. The number of anilines is 1. The molecule has 13 heteroatoms. The predicted molar refractivity (Wildman–Crippen MR) is 137 cm³/mol. The van der Waals surface area contributed by atoms with Crippen LogP contribution in [0, 0.1) is 11.7 Å².